The molecule has 31 heavy (non-hydrogen) atoms. The number of hydrogen-bond donors (Lipinski definition) is 3. The van der Waals surface area contributed by atoms with Crippen molar-refractivity contribution in [3.63, 3.8) is 0 Å². The maximum absolute atomic E-state index is 13.1. The predicted octanol–water partition coefficient (Wildman–Crippen LogP) is 4.50. The molecule has 1 saturated heterocycles. The second-order valence-electron chi connectivity index (χ2n) is 8.71. The fraction of sp³-hybridized carbons (Fsp3) is 0.440. The Labute approximate surface area is 184 Å². The number of carbonyl (C=O) groups excluding carboxylic acids is 1. The summed E-state index contributed by atoms with van der Waals surface area (Å²) in [6, 6.07) is 5.76. The van der Waals surface area contributed by atoms with Crippen LogP contribution in [-0.4, -0.2) is 41.9 Å². The first-order valence-electron chi connectivity index (χ1n) is 11.1. The zero-order valence-corrected chi connectivity index (χ0v) is 18.8. The summed E-state index contributed by atoms with van der Waals surface area (Å²) in [6.45, 7) is 9.22. The van der Waals surface area contributed by atoms with Crippen LogP contribution in [0, 0.1) is 12.3 Å². The SMILES string of the molecule is CC1=C(C(=N)Nc2ccc(C(=O)N3CCOC(C)C3C)c(C)c2)C(=C2CCC2)NC=C1. The molecule has 6 nitrogen and oxygen atoms in total. The van der Waals surface area contributed by atoms with Crippen LogP contribution in [0.4, 0.5) is 5.69 Å². The molecule has 2 fully saturated rings. The van der Waals surface area contributed by atoms with Crippen molar-refractivity contribution in [2.45, 2.75) is 59.1 Å². The first kappa shape index (κ1) is 21.4. The number of aryl methyl sites for hydroxylation is 1. The topological polar surface area (TPSA) is 77.5 Å². The second-order valence-corrected chi connectivity index (χ2v) is 8.71. The van der Waals surface area contributed by atoms with Crippen LogP contribution >= 0.6 is 0 Å². The average Bonchev–Trinajstić information content (AvgIpc) is 2.68. The van der Waals surface area contributed by atoms with Crippen molar-refractivity contribution >= 4 is 17.4 Å². The molecule has 1 saturated carbocycles. The summed E-state index contributed by atoms with van der Waals surface area (Å²) < 4.78 is 5.66. The molecular formula is C25H32N4O2. The van der Waals surface area contributed by atoms with Crippen molar-refractivity contribution in [1.29, 1.82) is 5.41 Å². The molecule has 3 N–H and O–H groups in total. The predicted molar refractivity (Wildman–Crippen MR) is 124 cm³/mol. The van der Waals surface area contributed by atoms with E-state index in [-0.39, 0.29) is 18.1 Å². The van der Waals surface area contributed by atoms with E-state index < -0.39 is 0 Å². The molecule has 0 aromatic heterocycles. The van der Waals surface area contributed by atoms with E-state index in [0.29, 0.717) is 24.6 Å². The minimum atomic E-state index is 0.0352. The van der Waals surface area contributed by atoms with Gasteiger partial charge in [-0.05, 0) is 87.9 Å². The Kier molecular flexibility index (Phi) is 6.01. The molecule has 1 aromatic carbocycles. The van der Waals surface area contributed by atoms with E-state index in [9.17, 15) is 4.79 Å². The van der Waals surface area contributed by atoms with Crippen LogP contribution in [0.5, 0.6) is 0 Å². The molecule has 1 amide bonds. The van der Waals surface area contributed by atoms with Crippen molar-refractivity contribution in [3.05, 3.63) is 64.0 Å². The Morgan fingerprint density at radius 2 is 2.03 bits per heavy atom. The van der Waals surface area contributed by atoms with Gasteiger partial charge in [-0.3, -0.25) is 10.2 Å². The Morgan fingerprint density at radius 3 is 2.71 bits per heavy atom. The third kappa shape index (κ3) is 4.17. The molecule has 6 heteroatoms. The van der Waals surface area contributed by atoms with Gasteiger partial charge in [0.1, 0.15) is 5.84 Å². The zero-order valence-electron chi connectivity index (χ0n) is 18.8. The summed E-state index contributed by atoms with van der Waals surface area (Å²) >= 11 is 0. The molecule has 2 unspecified atom stereocenters. The highest BCUT2D eigenvalue weighted by atomic mass is 16.5. The van der Waals surface area contributed by atoms with Gasteiger partial charge in [-0.25, -0.2) is 0 Å². The molecule has 2 atom stereocenters. The van der Waals surface area contributed by atoms with Crippen molar-refractivity contribution < 1.29 is 9.53 Å². The van der Waals surface area contributed by atoms with Gasteiger partial charge < -0.3 is 20.3 Å². The van der Waals surface area contributed by atoms with Crippen LogP contribution in [0.1, 0.15) is 56.0 Å². The molecule has 3 aliphatic rings. The number of ether oxygens (including phenoxy) is 1. The van der Waals surface area contributed by atoms with Gasteiger partial charge in [0.15, 0.2) is 0 Å². The molecule has 164 valence electrons. The number of allylic oxidation sites excluding steroid dienone is 3. The van der Waals surface area contributed by atoms with Crippen molar-refractivity contribution in [1.82, 2.24) is 10.2 Å². The summed E-state index contributed by atoms with van der Waals surface area (Å²) in [6.07, 6.45) is 7.39. The number of amides is 1. The van der Waals surface area contributed by atoms with Gasteiger partial charge in [-0.15, -0.1) is 0 Å². The third-order valence-electron chi connectivity index (χ3n) is 6.64. The van der Waals surface area contributed by atoms with Crippen molar-refractivity contribution in [2.75, 3.05) is 18.5 Å². The normalized spacial score (nSPS) is 23.4. The van der Waals surface area contributed by atoms with Gasteiger partial charge in [0.25, 0.3) is 5.91 Å². The number of hydrogen-bond acceptors (Lipinski definition) is 4. The number of benzene rings is 1. The standard InChI is InChI=1S/C25H32N4O2/c1-15-10-11-27-23(19-6-5-7-19)22(15)24(26)28-20-8-9-21(16(2)14-20)25(30)29-12-13-31-18(4)17(29)3/h8-11,14,17-18,27H,5-7,12-13H2,1-4H3,(H2,26,28). The summed E-state index contributed by atoms with van der Waals surface area (Å²) in [5.74, 6) is 0.414. The van der Waals surface area contributed by atoms with Crippen LogP contribution in [0.25, 0.3) is 0 Å². The fourth-order valence-corrected chi connectivity index (χ4v) is 4.37. The van der Waals surface area contributed by atoms with Crippen LogP contribution in [-0.2, 0) is 4.74 Å². The van der Waals surface area contributed by atoms with Crippen LogP contribution in [0.15, 0.2) is 52.9 Å². The van der Waals surface area contributed by atoms with E-state index in [1.807, 2.05) is 63.1 Å². The van der Waals surface area contributed by atoms with E-state index in [2.05, 4.69) is 10.6 Å². The largest absolute Gasteiger partial charge is 0.375 e. The van der Waals surface area contributed by atoms with E-state index in [1.165, 1.54) is 12.0 Å². The first-order chi connectivity index (χ1) is 14.9. The number of anilines is 1. The molecule has 0 radical (unpaired) electrons. The summed E-state index contributed by atoms with van der Waals surface area (Å²) in [5.41, 5.74) is 6.87. The average molecular weight is 421 g/mol. The van der Waals surface area contributed by atoms with Crippen LogP contribution in [0.2, 0.25) is 0 Å². The lowest BCUT2D eigenvalue weighted by Gasteiger charge is -2.38. The lowest BCUT2D eigenvalue weighted by molar-refractivity contribution is -0.0440. The minimum Gasteiger partial charge on any atom is -0.375 e. The van der Waals surface area contributed by atoms with E-state index in [0.717, 1.165) is 40.9 Å². The third-order valence-corrected chi connectivity index (χ3v) is 6.64. The van der Waals surface area contributed by atoms with Gasteiger partial charge in [0, 0.05) is 35.3 Å². The molecule has 1 aromatic rings. The zero-order chi connectivity index (χ0) is 22.1. The van der Waals surface area contributed by atoms with Crippen molar-refractivity contribution in [3.8, 4) is 0 Å². The highest BCUT2D eigenvalue weighted by Crippen LogP contribution is 2.33. The second kappa shape index (κ2) is 8.71. The molecule has 0 spiro atoms. The van der Waals surface area contributed by atoms with Gasteiger partial charge in [-0.2, -0.15) is 0 Å². The van der Waals surface area contributed by atoms with E-state index >= 15 is 0 Å². The van der Waals surface area contributed by atoms with Gasteiger partial charge in [0.05, 0.1) is 18.8 Å². The van der Waals surface area contributed by atoms with E-state index in [4.69, 9.17) is 10.1 Å². The molecule has 2 heterocycles. The highest BCUT2D eigenvalue weighted by molar-refractivity contribution is 6.10. The maximum atomic E-state index is 13.1. The minimum absolute atomic E-state index is 0.0352. The number of nitrogens with one attached hydrogen (secondary N) is 3. The van der Waals surface area contributed by atoms with Crippen LogP contribution < -0.4 is 10.6 Å². The fourth-order valence-electron chi connectivity index (χ4n) is 4.37. The summed E-state index contributed by atoms with van der Waals surface area (Å²) in [7, 11) is 0. The van der Waals surface area contributed by atoms with Crippen molar-refractivity contribution in [2.24, 2.45) is 0 Å². The summed E-state index contributed by atoms with van der Waals surface area (Å²) in [4.78, 5) is 15.0. The smallest absolute Gasteiger partial charge is 0.254 e. The Hall–Kier alpha value is -2.86. The Bertz CT molecular complexity index is 999. The number of dihydropyridines is 1. The highest BCUT2D eigenvalue weighted by Gasteiger charge is 2.30. The van der Waals surface area contributed by atoms with Crippen LogP contribution in [0.3, 0.4) is 0 Å². The summed E-state index contributed by atoms with van der Waals surface area (Å²) in [5, 5.41) is 15.3. The van der Waals surface area contributed by atoms with Gasteiger partial charge in [0.2, 0.25) is 0 Å². The number of amidine groups is 1. The Morgan fingerprint density at radius 1 is 1.26 bits per heavy atom. The maximum Gasteiger partial charge on any atom is 0.254 e. The molecule has 0 bridgehead atoms. The molecule has 1 aliphatic carbocycles. The molecule has 4 rings (SSSR count). The van der Waals surface area contributed by atoms with E-state index in [1.54, 1.807) is 0 Å². The Balaban J connectivity index is 1.53. The quantitative estimate of drug-likeness (QED) is 0.497. The lowest BCUT2D eigenvalue weighted by Crippen LogP contribution is -2.51. The number of rotatable bonds is 3. The van der Waals surface area contributed by atoms with Gasteiger partial charge in [-0.1, -0.05) is 0 Å². The number of morpholine rings is 1. The first-order valence-corrected chi connectivity index (χ1v) is 11.1. The number of carbonyl (C=O) groups is 1. The molecular weight excluding hydrogens is 388 g/mol. The van der Waals surface area contributed by atoms with Gasteiger partial charge >= 0.3 is 0 Å². The lowest BCUT2D eigenvalue weighted by atomic mass is 9.86. The molecule has 2 aliphatic heterocycles. The number of nitrogens with zero attached hydrogens (tertiary/aromatic N) is 1. The monoisotopic (exact) mass is 420 g/mol.